The highest BCUT2D eigenvalue weighted by Crippen LogP contribution is 2.36. The van der Waals surface area contributed by atoms with Gasteiger partial charge < -0.3 is 19.3 Å². The predicted octanol–water partition coefficient (Wildman–Crippen LogP) is 6.36. The summed E-state index contributed by atoms with van der Waals surface area (Å²) in [5.41, 5.74) is 2.66. The zero-order valence-corrected chi connectivity index (χ0v) is 30.1. The first-order chi connectivity index (χ1) is 21.5. The maximum Gasteiger partial charge on any atom is 0.302 e. The van der Waals surface area contributed by atoms with Crippen molar-refractivity contribution in [3.8, 4) is 0 Å². The Bertz CT molecular complexity index is 1220. The number of esters is 2. The molecule has 0 bridgehead atoms. The Hall–Kier alpha value is -1.62. The highest BCUT2D eigenvalue weighted by Gasteiger charge is 2.31. The van der Waals surface area contributed by atoms with Gasteiger partial charge in [-0.3, -0.25) is 13.8 Å². The van der Waals surface area contributed by atoms with Crippen molar-refractivity contribution in [2.45, 2.75) is 38.5 Å². The van der Waals surface area contributed by atoms with Crippen LogP contribution >= 0.6 is 35.0 Å². The highest BCUT2D eigenvalue weighted by atomic mass is 35.5. The van der Waals surface area contributed by atoms with E-state index in [1.807, 2.05) is 36.0 Å². The lowest BCUT2D eigenvalue weighted by Gasteiger charge is -2.37. The summed E-state index contributed by atoms with van der Waals surface area (Å²) < 4.78 is 22.2. The van der Waals surface area contributed by atoms with Gasteiger partial charge in [0.1, 0.15) is 13.2 Å². The summed E-state index contributed by atoms with van der Waals surface area (Å²) in [4.78, 5) is 26.2. The lowest BCUT2D eigenvalue weighted by atomic mass is 9.81. The van der Waals surface area contributed by atoms with Crippen LogP contribution in [0.4, 0.5) is 0 Å². The summed E-state index contributed by atoms with van der Waals surface area (Å²) in [5, 5.41) is 1.53. The van der Waals surface area contributed by atoms with Gasteiger partial charge in [-0.15, -0.1) is 0 Å². The molecular formula is C34H48Cl2N2O5S2. The van der Waals surface area contributed by atoms with Crippen LogP contribution in [-0.4, -0.2) is 102 Å². The van der Waals surface area contributed by atoms with Gasteiger partial charge in [-0.25, -0.2) is 0 Å². The summed E-state index contributed by atoms with van der Waals surface area (Å²) in [5.74, 6) is 4.46. The average Bonchev–Trinajstić information content (AvgIpc) is 2.98. The van der Waals surface area contributed by atoms with Crippen LogP contribution in [0.25, 0.3) is 0 Å². The number of piperidine rings is 2. The third-order valence-corrected chi connectivity index (χ3v) is 11.4. The Morgan fingerprint density at radius 2 is 1.27 bits per heavy atom. The van der Waals surface area contributed by atoms with Crippen molar-refractivity contribution < 1.29 is 23.3 Å². The molecule has 11 heteroatoms. The zero-order chi connectivity index (χ0) is 32.8. The Morgan fingerprint density at radius 3 is 1.78 bits per heavy atom. The van der Waals surface area contributed by atoms with E-state index in [-0.39, 0.29) is 18.5 Å². The van der Waals surface area contributed by atoms with Gasteiger partial charge in [0.25, 0.3) is 0 Å². The van der Waals surface area contributed by atoms with E-state index in [1.165, 1.54) is 31.4 Å². The van der Waals surface area contributed by atoms with Crippen LogP contribution in [0, 0.1) is 11.8 Å². The van der Waals surface area contributed by atoms with Gasteiger partial charge in [-0.2, -0.15) is 11.8 Å². The maximum absolute atomic E-state index is 12.3. The maximum atomic E-state index is 12.3. The Morgan fingerprint density at radius 1 is 0.800 bits per heavy atom. The molecule has 2 aliphatic heterocycles. The molecule has 45 heavy (non-hydrogen) atoms. The van der Waals surface area contributed by atoms with E-state index >= 15 is 0 Å². The van der Waals surface area contributed by atoms with Crippen molar-refractivity contribution in [3.05, 3.63) is 69.7 Å². The molecule has 2 aromatic rings. The molecule has 7 nitrogen and oxygen atoms in total. The van der Waals surface area contributed by atoms with Gasteiger partial charge in [-0.1, -0.05) is 47.5 Å². The van der Waals surface area contributed by atoms with Gasteiger partial charge in [0.05, 0.1) is 5.75 Å². The van der Waals surface area contributed by atoms with Crippen LogP contribution in [0.2, 0.25) is 10.0 Å². The smallest absolute Gasteiger partial charge is 0.302 e. The van der Waals surface area contributed by atoms with Crippen LogP contribution < -0.4 is 0 Å². The van der Waals surface area contributed by atoms with E-state index in [2.05, 4.69) is 48.2 Å². The van der Waals surface area contributed by atoms with Gasteiger partial charge in [-0.05, 0) is 105 Å². The number of carbonyl (C=O) groups excluding carboxylic acids is 2. The summed E-state index contributed by atoms with van der Waals surface area (Å²) in [6, 6.07) is 16.3. The number of nitrogens with zero attached hydrogens (tertiary/aromatic N) is 2. The molecule has 0 radical (unpaired) electrons. The molecule has 2 saturated heterocycles. The minimum absolute atomic E-state index is 0.197. The summed E-state index contributed by atoms with van der Waals surface area (Å²) >= 11 is 13.9. The molecule has 0 aromatic heterocycles. The predicted molar refractivity (Wildman–Crippen MR) is 188 cm³/mol. The highest BCUT2D eigenvalue weighted by molar-refractivity contribution is 7.99. The number of carbonyl (C=O) groups is 2. The van der Waals surface area contributed by atoms with Crippen LogP contribution in [0.1, 0.15) is 49.7 Å². The van der Waals surface area contributed by atoms with Gasteiger partial charge in [0.15, 0.2) is 0 Å². The minimum atomic E-state index is -0.978. The minimum Gasteiger partial charge on any atom is -0.465 e. The van der Waals surface area contributed by atoms with E-state index in [1.54, 1.807) is 0 Å². The first-order valence-electron chi connectivity index (χ1n) is 15.6. The van der Waals surface area contributed by atoms with Gasteiger partial charge >= 0.3 is 11.9 Å². The van der Waals surface area contributed by atoms with Crippen LogP contribution in [-0.2, 0) is 29.9 Å². The standard InChI is InChI=1S/C17H24ClNO3S.C17H24ClNO2S/c1-13(20)22-9-10-23(21)12-15-11-19(2)8-7-17(15)14-3-5-16(18)6-4-14;1-13(20)21-9-10-22-12-15-11-19(2)8-7-17(15)14-3-5-16(18)6-4-14/h3-6,15,17H,7-12H2,1-2H3;3-6,15,17H,7-12H2,1-2H3/t15-,17-,23?;15-,17-/m11/s1. The van der Waals surface area contributed by atoms with Gasteiger partial charge in [0, 0.05) is 59.3 Å². The molecule has 0 aliphatic carbocycles. The SMILES string of the molecule is CC(=O)OCCS(=O)C[C@H]1CN(C)CC[C@@H]1c1ccc(Cl)cc1.CC(=O)OCCSC[C@H]1CN(C)CC[C@@H]1c1ccc(Cl)cc1. The number of likely N-dealkylation sites (tertiary alicyclic amines) is 2. The first kappa shape index (κ1) is 37.8. The number of benzene rings is 2. The molecule has 0 saturated carbocycles. The van der Waals surface area contributed by atoms with Crippen molar-refractivity contribution in [1.29, 1.82) is 0 Å². The summed E-state index contributed by atoms with van der Waals surface area (Å²) in [6.45, 7) is 7.81. The molecule has 2 fully saturated rings. The lowest BCUT2D eigenvalue weighted by Crippen LogP contribution is -2.39. The fourth-order valence-electron chi connectivity index (χ4n) is 6.14. The monoisotopic (exact) mass is 698 g/mol. The van der Waals surface area contributed by atoms with E-state index in [0.717, 1.165) is 54.2 Å². The summed E-state index contributed by atoms with van der Waals surface area (Å²) in [6.07, 6.45) is 2.25. The Balaban J connectivity index is 0.000000246. The number of thioether (sulfide) groups is 1. The third-order valence-electron chi connectivity index (χ3n) is 8.35. The average molecular weight is 700 g/mol. The molecule has 4 rings (SSSR count). The van der Waals surface area contributed by atoms with Crippen molar-refractivity contribution in [1.82, 2.24) is 9.80 Å². The van der Waals surface area contributed by atoms with Gasteiger partial charge in [0.2, 0.25) is 0 Å². The quantitative estimate of drug-likeness (QED) is 0.187. The molecule has 0 amide bonds. The van der Waals surface area contributed by atoms with Crippen molar-refractivity contribution in [3.63, 3.8) is 0 Å². The topological polar surface area (TPSA) is 76.2 Å². The molecule has 2 aliphatic rings. The Kier molecular flexibility index (Phi) is 16.7. The van der Waals surface area contributed by atoms with Crippen LogP contribution in [0.15, 0.2) is 48.5 Å². The number of ether oxygens (including phenoxy) is 2. The van der Waals surface area contributed by atoms with Crippen LogP contribution in [0.5, 0.6) is 0 Å². The third kappa shape index (κ3) is 14.0. The molecule has 250 valence electrons. The number of hydrogen-bond donors (Lipinski definition) is 0. The zero-order valence-electron chi connectivity index (χ0n) is 26.9. The summed E-state index contributed by atoms with van der Waals surface area (Å²) in [7, 11) is 3.32. The Labute approximate surface area is 286 Å². The van der Waals surface area contributed by atoms with Crippen molar-refractivity contribution >= 4 is 57.7 Å². The lowest BCUT2D eigenvalue weighted by molar-refractivity contribution is -0.141. The largest absolute Gasteiger partial charge is 0.465 e. The van der Waals surface area contributed by atoms with E-state index in [0.29, 0.717) is 41.8 Å². The molecule has 1 unspecified atom stereocenters. The fourth-order valence-corrected chi connectivity index (χ4v) is 8.65. The first-order valence-corrected chi connectivity index (χ1v) is 19.0. The molecule has 0 spiro atoms. The molecular weight excluding hydrogens is 651 g/mol. The number of rotatable bonds is 12. The molecule has 5 atom stereocenters. The normalized spacial score (nSPS) is 23.0. The molecule has 0 N–H and O–H groups in total. The van der Waals surface area contributed by atoms with E-state index < -0.39 is 10.8 Å². The van der Waals surface area contributed by atoms with E-state index in [4.69, 9.17) is 32.7 Å². The molecule has 2 aromatic carbocycles. The second kappa shape index (κ2) is 19.9. The molecule has 2 heterocycles. The van der Waals surface area contributed by atoms with Crippen molar-refractivity contribution in [2.24, 2.45) is 11.8 Å². The number of halogens is 2. The second-order valence-corrected chi connectivity index (χ2v) is 15.6. The number of hydrogen-bond acceptors (Lipinski definition) is 8. The van der Waals surface area contributed by atoms with E-state index in [9.17, 15) is 13.8 Å². The fraction of sp³-hybridized carbons (Fsp3) is 0.588. The van der Waals surface area contributed by atoms with Crippen LogP contribution in [0.3, 0.4) is 0 Å². The second-order valence-electron chi connectivity index (χ2n) is 12.0. The van der Waals surface area contributed by atoms with Crippen molar-refractivity contribution in [2.75, 3.05) is 76.5 Å².